The second kappa shape index (κ2) is 5.77. The molecule has 0 bridgehead atoms. The maximum atomic E-state index is 11.3. The molecule has 1 aromatic rings. The molecule has 0 spiro atoms. The van der Waals surface area contributed by atoms with Crippen molar-refractivity contribution in [1.29, 1.82) is 0 Å². The zero-order valence-electron chi connectivity index (χ0n) is 9.84. The van der Waals surface area contributed by atoms with Crippen LogP contribution in [0.5, 0.6) is 0 Å². The molecule has 1 aromatic heterocycles. The molecular formula is C11H16N2O3S. The number of carbonyl (C=O) groups excluding carboxylic acids is 1. The lowest BCUT2D eigenvalue weighted by molar-refractivity contribution is -0.148. The first-order valence-corrected chi connectivity index (χ1v) is 6.23. The van der Waals surface area contributed by atoms with Crippen molar-refractivity contribution in [3.63, 3.8) is 0 Å². The van der Waals surface area contributed by atoms with Crippen molar-refractivity contribution in [2.24, 2.45) is 5.41 Å². The van der Waals surface area contributed by atoms with Crippen LogP contribution in [0.2, 0.25) is 0 Å². The van der Waals surface area contributed by atoms with Crippen LogP contribution in [0.25, 0.3) is 0 Å². The summed E-state index contributed by atoms with van der Waals surface area (Å²) in [6, 6.07) is 0. The quantitative estimate of drug-likeness (QED) is 0.572. The average molecular weight is 256 g/mol. The van der Waals surface area contributed by atoms with Gasteiger partial charge in [0, 0.05) is 17.8 Å². The number of hydrogen-bond acceptors (Lipinski definition) is 4. The van der Waals surface area contributed by atoms with Crippen LogP contribution >= 0.6 is 11.3 Å². The molecule has 0 aliphatic carbocycles. The van der Waals surface area contributed by atoms with Gasteiger partial charge in [-0.25, -0.2) is 4.98 Å². The van der Waals surface area contributed by atoms with Crippen molar-refractivity contribution in [3.8, 4) is 0 Å². The van der Waals surface area contributed by atoms with Crippen molar-refractivity contribution in [1.82, 2.24) is 10.3 Å². The standard InChI is InChI=1S/C11H16N2O3S/c1-11(2,10(15)16)8(3-4-12-6-14)9-5-17-7-13-9/h5-8H,3-4H2,1-2H3,(H,12,14)(H,15,16). The molecule has 2 N–H and O–H groups in total. The second-order valence-electron chi connectivity index (χ2n) is 4.35. The van der Waals surface area contributed by atoms with E-state index in [0.29, 0.717) is 19.4 Å². The average Bonchev–Trinajstić information content (AvgIpc) is 2.77. The molecule has 6 heteroatoms. The van der Waals surface area contributed by atoms with Gasteiger partial charge in [0.2, 0.25) is 6.41 Å². The van der Waals surface area contributed by atoms with Gasteiger partial charge in [0.25, 0.3) is 0 Å². The first-order valence-electron chi connectivity index (χ1n) is 5.28. The Balaban J connectivity index is 2.86. The minimum Gasteiger partial charge on any atom is -0.481 e. The van der Waals surface area contributed by atoms with E-state index in [0.717, 1.165) is 5.69 Å². The third-order valence-electron chi connectivity index (χ3n) is 2.89. The molecule has 0 aromatic carbocycles. The third-order valence-corrected chi connectivity index (χ3v) is 3.50. The Bertz CT molecular complexity index is 376. The lowest BCUT2D eigenvalue weighted by Gasteiger charge is -2.29. The van der Waals surface area contributed by atoms with Crippen LogP contribution in [0.15, 0.2) is 10.9 Å². The molecule has 1 heterocycles. The fraction of sp³-hybridized carbons (Fsp3) is 0.545. The summed E-state index contributed by atoms with van der Waals surface area (Å²) in [5.41, 5.74) is 1.56. The van der Waals surface area contributed by atoms with Gasteiger partial charge in [0.15, 0.2) is 0 Å². The van der Waals surface area contributed by atoms with E-state index < -0.39 is 11.4 Å². The van der Waals surface area contributed by atoms with Crippen molar-refractivity contribution >= 4 is 23.7 Å². The molecule has 0 radical (unpaired) electrons. The molecule has 94 valence electrons. The molecule has 0 aliphatic rings. The number of carboxylic acid groups (broad SMARTS) is 1. The fourth-order valence-corrected chi connectivity index (χ4v) is 2.32. The van der Waals surface area contributed by atoms with Gasteiger partial charge < -0.3 is 10.4 Å². The van der Waals surface area contributed by atoms with E-state index in [2.05, 4.69) is 10.3 Å². The summed E-state index contributed by atoms with van der Waals surface area (Å²) in [5, 5.41) is 13.7. The summed E-state index contributed by atoms with van der Waals surface area (Å²) in [5.74, 6) is -1.07. The van der Waals surface area contributed by atoms with Gasteiger partial charge >= 0.3 is 5.97 Å². The van der Waals surface area contributed by atoms with Gasteiger partial charge in [0.1, 0.15) is 0 Å². The summed E-state index contributed by atoms with van der Waals surface area (Å²) in [6.07, 6.45) is 1.17. The molecule has 5 nitrogen and oxygen atoms in total. The molecule has 0 fully saturated rings. The number of hydrogen-bond donors (Lipinski definition) is 2. The minimum absolute atomic E-state index is 0.210. The van der Waals surface area contributed by atoms with Gasteiger partial charge in [-0.2, -0.15) is 0 Å². The summed E-state index contributed by atoms with van der Waals surface area (Å²) < 4.78 is 0. The van der Waals surface area contributed by atoms with Crippen molar-refractivity contribution < 1.29 is 14.7 Å². The second-order valence-corrected chi connectivity index (χ2v) is 5.07. The highest BCUT2D eigenvalue weighted by molar-refractivity contribution is 7.07. The summed E-state index contributed by atoms with van der Waals surface area (Å²) in [6.45, 7) is 3.81. The first-order chi connectivity index (χ1) is 8.00. The molecule has 1 amide bonds. The Morgan fingerprint density at radius 1 is 1.71 bits per heavy atom. The van der Waals surface area contributed by atoms with Crippen LogP contribution < -0.4 is 5.32 Å². The number of aromatic nitrogens is 1. The van der Waals surface area contributed by atoms with E-state index >= 15 is 0 Å². The number of nitrogens with one attached hydrogen (secondary N) is 1. The van der Waals surface area contributed by atoms with Crippen LogP contribution in [-0.4, -0.2) is 29.0 Å². The minimum atomic E-state index is -0.904. The SMILES string of the molecule is CC(C)(C(=O)O)C(CCNC=O)c1cscn1. The van der Waals surface area contributed by atoms with Crippen molar-refractivity contribution in [3.05, 3.63) is 16.6 Å². The van der Waals surface area contributed by atoms with Gasteiger partial charge in [-0.1, -0.05) is 0 Å². The molecule has 0 saturated heterocycles. The van der Waals surface area contributed by atoms with Crippen LogP contribution in [0.4, 0.5) is 0 Å². The van der Waals surface area contributed by atoms with Gasteiger partial charge in [-0.15, -0.1) is 11.3 Å². The highest BCUT2D eigenvalue weighted by atomic mass is 32.1. The lowest BCUT2D eigenvalue weighted by Crippen LogP contribution is -2.33. The van der Waals surface area contributed by atoms with E-state index in [1.807, 2.05) is 5.38 Å². The zero-order chi connectivity index (χ0) is 12.9. The smallest absolute Gasteiger partial charge is 0.309 e. The van der Waals surface area contributed by atoms with Crippen LogP contribution in [0.3, 0.4) is 0 Å². The zero-order valence-corrected chi connectivity index (χ0v) is 10.7. The highest BCUT2D eigenvalue weighted by Crippen LogP contribution is 2.37. The normalized spacial score (nSPS) is 13.1. The maximum Gasteiger partial charge on any atom is 0.309 e. The molecule has 1 unspecified atom stereocenters. The number of thiazole rings is 1. The summed E-state index contributed by atoms with van der Waals surface area (Å²) in [4.78, 5) is 25.7. The Kier molecular flexibility index (Phi) is 4.62. The Morgan fingerprint density at radius 3 is 2.88 bits per heavy atom. The monoisotopic (exact) mass is 256 g/mol. The number of aliphatic carboxylic acids is 1. The van der Waals surface area contributed by atoms with E-state index in [1.54, 1.807) is 19.4 Å². The summed E-state index contributed by atoms with van der Waals surface area (Å²) >= 11 is 1.44. The Morgan fingerprint density at radius 2 is 2.41 bits per heavy atom. The topological polar surface area (TPSA) is 79.3 Å². The molecule has 0 saturated carbocycles. The Labute approximate surface area is 104 Å². The predicted molar refractivity (Wildman–Crippen MR) is 65.0 cm³/mol. The van der Waals surface area contributed by atoms with Crippen molar-refractivity contribution in [2.45, 2.75) is 26.2 Å². The number of carbonyl (C=O) groups is 2. The number of carboxylic acids is 1. The van der Waals surface area contributed by atoms with E-state index in [1.165, 1.54) is 11.3 Å². The van der Waals surface area contributed by atoms with E-state index in [4.69, 9.17) is 0 Å². The van der Waals surface area contributed by atoms with Gasteiger partial charge in [-0.3, -0.25) is 9.59 Å². The lowest BCUT2D eigenvalue weighted by atomic mass is 9.75. The number of nitrogens with zero attached hydrogens (tertiary/aromatic N) is 1. The van der Waals surface area contributed by atoms with Crippen molar-refractivity contribution in [2.75, 3.05) is 6.54 Å². The first kappa shape index (κ1) is 13.6. The largest absolute Gasteiger partial charge is 0.481 e. The number of amides is 1. The van der Waals surface area contributed by atoms with Crippen LogP contribution in [0, 0.1) is 5.41 Å². The van der Waals surface area contributed by atoms with Crippen LogP contribution in [-0.2, 0) is 9.59 Å². The third kappa shape index (κ3) is 3.26. The highest BCUT2D eigenvalue weighted by Gasteiger charge is 2.38. The molecule has 17 heavy (non-hydrogen) atoms. The van der Waals surface area contributed by atoms with E-state index in [-0.39, 0.29) is 5.92 Å². The fourth-order valence-electron chi connectivity index (χ4n) is 1.71. The molecule has 1 rings (SSSR count). The summed E-state index contributed by atoms with van der Waals surface area (Å²) in [7, 11) is 0. The van der Waals surface area contributed by atoms with Gasteiger partial charge in [0.05, 0.1) is 16.6 Å². The van der Waals surface area contributed by atoms with Gasteiger partial charge in [-0.05, 0) is 20.3 Å². The number of rotatable bonds is 7. The molecule has 0 aliphatic heterocycles. The maximum absolute atomic E-state index is 11.3. The van der Waals surface area contributed by atoms with E-state index in [9.17, 15) is 14.7 Å². The molecule has 1 atom stereocenters. The van der Waals surface area contributed by atoms with Crippen LogP contribution in [0.1, 0.15) is 31.9 Å². The molecular weight excluding hydrogens is 240 g/mol. The predicted octanol–water partition coefficient (Wildman–Crippen LogP) is 1.47. The Hall–Kier alpha value is -1.43.